The number of hydrogen-bond donors (Lipinski definition) is 1. The molecule has 0 saturated heterocycles. The Kier molecular flexibility index (Phi) is 4.00. The van der Waals surface area contributed by atoms with Crippen molar-refractivity contribution < 1.29 is 0 Å². The highest BCUT2D eigenvalue weighted by Crippen LogP contribution is 2.40. The van der Waals surface area contributed by atoms with Gasteiger partial charge in [0.2, 0.25) is 0 Å². The molecule has 0 aromatic heterocycles. The molecule has 0 aliphatic heterocycles. The summed E-state index contributed by atoms with van der Waals surface area (Å²) in [4.78, 5) is 0. The largest absolute Gasteiger partial charge is 0.328 e. The van der Waals surface area contributed by atoms with E-state index < -0.39 is 0 Å². The second kappa shape index (κ2) is 4.65. The van der Waals surface area contributed by atoms with Crippen molar-refractivity contribution >= 4 is 0 Å². The molecule has 2 N–H and O–H groups in total. The van der Waals surface area contributed by atoms with E-state index in [4.69, 9.17) is 5.73 Å². The fraction of sp³-hybridized carbons (Fsp3) is 1.00. The summed E-state index contributed by atoms with van der Waals surface area (Å²) in [5.41, 5.74) is 6.53. The molecule has 0 amide bonds. The van der Waals surface area contributed by atoms with Crippen LogP contribution in [0.2, 0.25) is 0 Å². The van der Waals surface area contributed by atoms with Gasteiger partial charge in [0, 0.05) is 6.04 Å². The lowest BCUT2D eigenvalue weighted by Crippen LogP contribution is -2.19. The minimum atomic E-state index is 0.479. The van der Waals surface area contributed by atoms with Crippen molar-refractivity contribution in [1.82, 2.24) is 0 Å². The second-order valence-electron chi connectivity index (χ2n) is 6.09. The Hall–Kier alpha value is -0.0400. The zero-order chi connectivity index (χ0) is 10.8. The first-order valence-electron chi connectivity index (χ1n) is 6.20. The predicted octanol–water partition coefficient (Wildman–Crippen LogP) is 3.58. The smallest absolute Gasteiger partial charge is 0.00442 e. The molecule has 3 atom stereocenters. The Bertz CT molecular complexity index is 174. The second-order valence-corrected chi connectivity index (χ2v) is 6.09. The molecule has 1 aliphatic rings. The van der Waals surface area contributed by atoms with Crippen molar-refractivity contribution in [2.75, 3.05) is 0 Å². The van der Waals surface area contributed by atoms with Gasteiger partial charge in [0.05, 0.1) is 0 Å². The molecule has 84 valence electrons. The van der Waals surface area contributed by atoms with Crippen LogP contribution in [0.1, 0.15) is 59.8 Å². The van der Waals surface area contributed by atoms with Crippen LogP contribution in [0.5, 0.6) is 0 Å². The van der Waals surface area contributed by atoms with Crippen LogP contribution in [0.15, 0.2) is 0 Å². The molecular formula is C13H27N. The van der Waals surface area contributed by atoms with Crippen LogP contribution in [-0.2, 0) is 0 Å². The molecule has 0 aromatic rings. The van der Waals surface area contributed by atoms with E-state index in [1.54, 1.807) is 0 Å². The molecule has 1 nitrogen and oxygen atoms in total. The molecule has 0 aromatic carbocycles. The van der Waals surface area contributed by atoms with E-state index in [9.17, 15) is 0 Å². The number of rotatable bonds is 4. The molecule has 0 radical (unpaired) electrons. The van der Waals surface area contributed by atoms with Crippen molar-refractivity contribution in [3.63, 3.8) is 0 Å². The minimum absolute atomic E-state index is 0.479. The third-order valence-corrected chi connectivity index (χ3v) is 3.83. The first-order chi connectivity index (χ1) is 6.44. The Morgan fingerprint density at radius 1 is 1.29 bits per heavy atom. The third-order valence-electron chi connectivity index (χ3n) is 3.83. The molecule has 1 rings (SSSR count). The Labute approximate surface area is 89.5 Å². The summed E-state index contributed by atoms with van der Waals surface area (Å²) in [6.45, 7) is 9.48. The van der Waals surface area contributed by atoms with Crippen molar-refractivity contribution in [2.45, 2.75) is 65.8 Å². The van der Waals surface area contributed by atoms with Crippen LogP contribution < -0.4 is 5.73 Å². The summed E-state index contributed by atoms with van der Waals surface area (Å²) < 4.78 is 0. The Morgan fingerprint density at radius 2 is 1.93 bits per heavy atom. The summed E-state index contributed by atoms with van der Waals surface area (Å²) in [7, 11) is 0. The zero-order valence-electron chi connectivity index (χ0n) is 10.3. The van der Waals surface area contributed by atoms with Gasteiger partial charge in [0.1, 0.15) is 0 Å². The minimum Gasteiger partial charge on any atom is -0.328 e. The lowest BCUT2D eigenvalue weighted by molar-refractivity contribution is 0.219. The molecule has 1 fully saturated rings. The number of hydrogen-bond acceptors (Lipinski definition) is 1. The van der Waals surface area contributed by atoms with E-state index in [0.717, 1.165) is 11.8 Å². The lowest BCUT2D eigenvalue weighted by Gasteiger charge is -2.29. The average molecular weight is 197 g/mol. The Morgan fingerprint density at radius 3 is 2.36 bits per heavy atom. The molecule has 0 spiro atoms. The molecule has 14 heavy (non-hydrogen) atoms. The van der Waals surface area contributed by atoms with Gasteiger partial charge < -0.3 is 5.73 Å². The molecule has 1 aliphatic carbocycles. The molecule has 1 heteroatoms. The van der Waals surface area contributed by atoms with Crippen LogP contribution in [0.25, 0.3) is 0 Å². The van der Waals surface area contributed by atoms with Gasteiger partial charge in [-0.1, -0.05) is 34.1 Å². The van der Waals surface area contributed by atoms with E-state index in [1.807, 2.05) is 0 Å². The van der Waals surface area contributed by atoms with E-state index in [-0.39, 0.29) is 0 Å². The summed E-state index contributed by atoms with van der Waals surface area (Å²) in [6, 6.07) is 0.479. The number of nitrogens with two attached hydrogens (primary N) is 1. The van der Waals surface area contributed by atoms with Gasteiger partial charge in [-0.3, -0.25) is 0 Å². The van der Waals surface area contributed by atoms with Gasteiger partial charge in [-0.25, -0.2) is 0 Å². The maximum atomic E-state index is 6.01. The highest BCUT2D eigenvalue weighted by Gasteiger charge is 2.33. The normalized spacial score (nSPS) is 33.6. The van der Waals surface area contributed by atoms with E-state index in [1.165, 1.54) is 32.1 Å². The van der Waals surface area contributed by atoms with Gasteiger partial charge in [0.15, 0.2) is 0 Å². The molecular weight excluding hydrogens is 170 g/mol. The zero-order valence-corrected chi connectivity index (χ0v) is 10.3. The van der Waals surface area contributed by atoms with Crippen molar-refractivity contribution in [2.24, 2.45) is 23.0 Å². The molecule has 0 heterocycles. The van der Waals surface area contributed by atoms with Crippen LogP contribution in [0, 0.1) is 17.3 Å². The fourth-order valence-corrected chi connectivity index (χ4v) is 3.16. The van der Waals surface area contributed by atoms with E-state index in [2.05, 4.69) is 27.7 Å². The maximum Gasteiger partial charge on any atom is 0.00442 e. The molecule has 3 unspecified atom stereocenters. The van der Waals surface area contributed by atoms with Crippen LogP contribution in [0.3, 0.4) is 0 Å². The highest BCUT2D eigenvalue weighted by molar-refractivity contribution is 4.86. The van der Waals surface area contributed by atoms with E-state index in [0.29, 0.717) is 11.5 Å². The first-order valence-corrected chi connectivity index (χ1v) is 6.20. The summed E-state index contributed by atoms with van der Waals surface area (Å²) in [5, 5.41) is 0. The topological polar surface area (TPSA) is 26.0 Å². The van der Waals surface area contributed by atoms with E-state index >= 15 is 0 Å². The van der Waals surface area contributed by atoms with Crippen LogP contribution in [0.4, 0.5) is 0 Å². The summed E-state index contributed by atoms with van der Waals surface area (Å²) in [6.07, 6.45) is 6.53. The molecule has 0 bridgehead atoms. The van der Waals surface area contributed by atoms with Gasteiger partial charge in [-0.15, -0.1) is 0 Å². The van der Waals surface area contributed by atoms with Gasteiger partial charge in [-0.05, 0) is 42.9 Å². The van der Waals surface area contributed by atoms with Crippen LogP contribution in [-0.4, -0.2) is 6.04 Å². The standard InChI is InChI=1S/C13H27N/c1-5-6-13(3,4)9-11-8-12(14)7-10(11)2/h10-12H,5-9,14H2,1-4H3. The van der Waals surface area contributed by atoms with Gasteiger partial charge in [0.25, 0.3) is 0 Å². The predicted molar refractivity (Wildman–Crippen MR) is 63.2 cm³/mol. The highest BCUT2D eigenvalue weighted by atomic mass is 14.7. The van der Waals surface area contributed by atoms with Crippen LogP contribution >= 0.6 is 0 Å². The quantitative estimate of drug-likeness (QED) is 0.732. The summed E-state index contributed by atoms with van der Waals surface area (Å²) >= 11 is 0. The van der Waals surface area contributed by atoms with Crippen molar-refractivity contribution in [3.8, 4) is 0 Å². The SMILES string of the molecule is CCCC(C)(C)CC1CC(N)CC1C. The monoisotopic (exact) mass is 197 g/mol. The van der Waals surface area contributed by atoms with Crippen molar-refractivity contribution in [1.29, 1.82) is 0 Å². The molecule has 1 saturated carbocycles. The Balaban J connectivity index is 2.43. The van der Waals surface area contributed by atoms with Gasteiger partial charge in [-0.2, -0.15) is 0 Å². The third kappa shape index (κ3) is 3.27. The first kappa shape index (κ1) is 12.0. The van der Waals surface area contributed by atoms with Crippen molar-refractivity contribution in [3.05, 3.63) is 0 Å². The summed E-state index contributed by atoms with van der Waals surface area (Å²) in [5.74, 6) is 1.73. The van der Waals surface area contributed by atoms with Gasteiger partial charge >= 0.3 is 0 Å². The maximum absolute atomic E-state index is 6.01. The lowest BCUT2D eigenvalue weighted by atomic mass is 9.76. The fourth-order valence-electron chi connectivity index (χ4n) is 3.16. The average Bonchev–Trinajstić information content (AvgIpc) is 2.28.